The van der Waals surface area contributed by atoms with Crippen LogP contribution in [0.25, 0.3) is 6.08 Å². The van der Waals surface area contributed by atoms with Gasteiger partial charge in [-0.25, -0.2) is 0 Å². The van der Waals surface area contributed by atoms with Gasteiger partial charge < -0.3 is 4.74 Å². The van der Waals surface area contributed by atoms with Crippen molar-refractivity contribution in [2.75, 3.05) is 4.90 Å². The van der Waals surface area contributed by atoms with Crippen molar-refractivity contribution in [2.45, 2.75) is 6.61 Å². The first-order valence-electron chi connectivity index (χ1n) is 9.11. The molecule has 3 nitrogen and oxygen atoms in total. The Bertz CT molecular complexity index is 1200. The molecule has 31 heavy (non-hydrogen) atoms. The van der Waals surface area contributed by atoms with Gasteiger partial charge >= 0.3 is 0 Å². The summed E-state index contributed by atoms with van der Waals surface area (Å²) in [5.74, 6) is 0.492. The zero-order valence-corrected chi connectivity index (χ0v) is 21.4. The van der Waals surface area contributed by atoms with E-state index in [4.69, 9.17) is 28.6 Å². The Morgan fingerprint density at radius 2 is 1.84 bits per heavy atom. The van der Waals surface area contributed by atoms with Crippen molar-refractivity contribution in [1.29, 1.82) is 0 Å². The maximum atomic E-state index is 13.1. The van der Waals surface area contributed by atoms with E-state index in [1.807, 2.05) is 54.6 Å². The molecule has 1 aliphatic heterocycles. The van der Waals surface area contributed by atoms with E-state index in [9.17, 15) is 4.79 Å². The molecular formula is C23H14Br2ClNO2S2. The molecule has 0 saturated carbocycles. The minimum Gasteiger partial charge on any atom is -0.488 e. The van der Waals surface area contributed by atoms with Crippen molar-refractivity contribution in [1.82, 2.24) is 0 Å². The number of rotatable bonds is 5. The summed E-state index contributed by atoms with van der Waals surface area (Å²) < 4.78 is 8.14. The van der Waals surface area contributed by atoms with Gasteiger partial charge in [-0.3, -0.25) is 9.69 Å². The van der Waals surface area contributed by atoms with Crippen LogP contribution in [0.5, 0.6) is 5.75 Å². The van der Waals surface area contributed by atoms with E-state index >= 15 is 0 Å². The molecule has 0 bridgehead atoms. The first-order chi connectivity index (χ1) is 14.9. The van der Waals surface area contributed by atoms with Crippen LogP contribution in [0.3, 0.4) is 0 Å². The van der Waals surface area contributed by atoms with Crippen LogP contribution in [0.15, 0.2) is 80.6 Å². The van der Waals surface area contributed by atoms with Crippen LogP contribution in [0.2, 0.25) is 5.02 Å². The number of nitrogens with zero attached hydrogens (tertiary/aromatic N) is 1. The van der Waals surface area contributed by atoms with Gasteiger partial charge in [0, 0.05) is 14.5 Å². The van der Waals surface area contributed by atoms with Gasteiger partial charge in [-0.2, -0.15) is 0 Å². The van der Waals surface area contributed by atoms with Gasteiger partial charge in [-0.1, -0.05) is 81.8 Å². The third kappa shape index (κ3) is 5.23. The number of anilines is 1. The summed E-state index contributed by atoms with van der Waals surface area (Å²) in [5.41, 5.74) is 2.49. The molecule has 8 heteroatoms. The lowest BCUT2D eigenvalue weighted by Gasteiger charge is -2.15. The van der Waals surface area contributed by atoms with Gasteiger partial charge in [0.05, 0.1) is 15.6 Å². The van der Waals surface area contributed by atoms with Crippen LogP contribution >= 0.6 is 67.4 Å². The van der Waals surface area contributed by atoms with Crippen LogP contribution < -0.4 is 9.64 Å². The lowest BCUT2D eigenvalue weighted by atomic mass is 10.1. The number of carbonyl (C=O) groups excluding carboxylic acids is 1. The van der Waals surface area contributed by atoms with Crippen LogP contribution in [0.1, 0.15) is 11.1 Å². The van der Waals surface area contributed by atoms with Crippen LogP contribution in [-0.4, -0.2) is 10.2 Å². The van der Waals surface area contributed by atoms with Crippen molar-refractivity contribution < 1.29 is 9.53 Å². The summed E-state index contributed by atoms with van der Waals surface area (Å²) >= 11 is 19.8. The summed E-state index contributed by atoms with van der Waals surface area (Å²) in [6.45, 7) is 0.432. The van der Waals surface area contributed by atoms with E-state index in [0.29, 0.717) is 32.3 Å². The number of carbonyl (C=O) groups is 1. The Hall–Kier alpha value is -1.64. The molecule has 0 N–H and O–H groups in total. The summed E-state index contributed by atoms with van der Waals surface area (Å²) in [4.78, 5) is 15.1. The third-order valence-electron chi connectivity index (χ3n) is 4.45. The van der Waals surface area contributed by atoms with Crippen molar-refractivity contribution in [3.05, 3.63) is 96.7 Å². The number of halogens is 3. The number of hydrogen-bond acceptors (Lipinski definition) is 4. The Balaban J connectivity index is 1.62. The smallest absolute Gasteiger partial charge is 0.270 e. The maximum Gasteiger partial charge on any atom is 0.270 e. The van der Waals surface area contributed by atoms with E-state index in [1.165, 1.54) is 16.7 Å². The van der Waals surface area contributed by atoms with Gasteiger partial charge in [0.15, 0.2) is 4.32 Å². The Kier molecular flexibility index (Phi) is 7.19. The zero-order chi connectivity index (χ0) is 22.0. The minimum absolute atomic E-state index is 0.192. The molecule has 0 aromatic heterocycles. The normalized spacial score (nSPS) is 15.1. The average Bonchev–Trinajstić information content (AvgIpc) is 3.03. The van der Waals surface area contributed by atoms with Gasteiger partial charge in [0.1, 0.15) is 12.4 Å². The number of amides is 1. The monoisotopic (exact) mass is 593 g/mol. The fourth-order valence-electron chi connectivity index (χ4n) is 2.95. The number of thioether (sulfide) groups is 1. The molecule has 1 fully saturated rings. The summed E-state index contributed by atoms with van der Waals surface area (Å²) in [6, 6.07) is 21.0. The summed E-state index contributed by atoms with van der Waals surface area (Å²) in [7, 11) is 0. The highest BCUT2D eigenvalue weighted by atomic mass is 79.9. The van der Waals surface area contributed by atoms with E-state index in [2.05, 4.69) is 31.9 Å². The Morgan fingerprint density at radius 3 is 2.58 bits per heavy atom. The predicted octanol–water partition coefficient (Wildman–Crippen LogP) is 7.85. The second-order valence-corrected chi connectivity index (χ2v) is 10.4. The molecule has 1 heterocycles. The Labute approximate surface area is 211 Å². The molecule has 1 aliphatic rings. The predicted molar refractivity (Wildman–Crippen MR) is 140 cm³/mol. The largest absolute Gasteiger partial charge is 0.488 e. The van der Waals surface area contributed by atoms with E-state index < -0.39 is 0 Å². The minimum atomic E-state index is -0.192. The van der Waals surface area contributed by atoms with E-state index in [1.54, 1.807) is 18.2 Å². The summed E-state index contributed by atoms with van der Waals surface area (Å²) in [6.07, 6.45) is 1.81. The molecule has 0 unspecified atom stereocenters. The molecule has 3 aromatic rings. The standard InChI is InChI=1S/C23H14Br2ClNO2S2/c24-16-6-9-20(29-13-14-4-2-1-3-5-14)15(10-16)11-21-22(28)27(23(30)31-21)17-7-8-18(25)19(26)12-17/h1-12H,13H2/b21-11-. The van der Waals surface area contributed by atoms with Gasteiger partial charge in [-0.05, 0) is 64.0 Å². The molecule has 4 rings (SSSR count). The third-order valence-corrected chi connectivity index (χ3v) is 7.48. The topological polar surface area (TPSA) is 29.5 Å². The van der Waals surface area contributed by atoms with Crippen molar-refractivity contribution >= 4 is 89.4 Å². The highest BCUT2D eigenvalue weighted by molar-refractivity contribution is 9.10. The summed E-state index contributed by atoms with van der Waals surface area (Å²) in [5, 5.41) is 0.513. The molecule has 0 aliphatic carbocycles. The second-order valence-electron chi connectivity index (χ2n) is 6.57. The SMILES string of the molecule is O=C1/C(=C/c2cc(Br)ccc2OCc2ccccc2)SC(=S)N1c1ccc(Br)c(Cl)c1. The first kappa shape index (κ1) is 22.6. The first-order valence-corrected chi connectivity index (χ1v) is 12.3. The van der Waals surface area contributed by atoms with Crippen molar-refractivity contribution in [2.24, 2.45) is 0 Å². The molecule has 0 spiro atoms. The Morgan fingerprint density at radius 1 is 1.06 bits per heavy atom. The fraction of sp³-hybridized carbons (Fsp3) is 0.0435. The fourth-order valence-corrected chi connectivity index (χ4v) is 5.04. The van der Waals surface area contributed by atoms with E-state index in [0.717, 1.165) is 20.1 Å². The van der Waals surface area contributed by atoms with Crippen LogP contribution in [0, 0.1) is 0 Å². The van der Waals surface area contributed by atoms with Gasteiger partial charge in [0.25, 0.3) is 5.91 Å². The second kappa shape index (κ2) is 9.88. The number of hydrogen-bond donors (Lipinski definition) is 0. The number of thiocarbonyl (C=S) groups is 1. The molecule has 0 radical (unpaired) electrons. The molecule has 0 atom stereocenters. The molecular weight excluding hydrogens is 582 g/mol. The molecule has 1 saturated heterocycles. The molecule has 1 amide bonds. The molecule has 156 valence electrons. The highest BCUT2D eigenvalue weighted by Gasteiger charge is 2.33. The van der Waals surface area contributed by atoms with Gasteiger partial charge in [-0.15, -0.1) is 0 Å². The van der Waals surface area contributed by atoms with Gasteiger partial charge in [0.2, 0.25) is 0 Å². The lowest BCUT2D eigenvalue weighted by molar-refractivity contribution is -0.113. The zero-order valence-electron chi connectivity index (χ0n) is 15.8. The van der Waals surface area contributed by atoms with Crippen molar-refractivity contribution in [3.63, 3.8) is 0 Å². The highest BCUT2D eigenvalue weighted by Crippen LogP contribution is 2.39. The number of ether oxygens (including phenoxy) is 1. The quantitative estimate of drug-likeness (QED) is 0.222. The van der Waals surface area contributed by atoms with E-state index in [-0.39, 0.29) is 5.91 Å². The number of benzene rings is 3. The van der Waals surface area contributed by atoms with Crippen LogP contribution in [0.4, 0.5) is 5.69 Å². The average molecular weight is 596 g/mol. The molecule has 3 aromatic carbocycles. The van der Waals surface area contributed by atoms with Crippen molar-refractivity contribution in [3.8, 4) is 5.75 Å². The maximum absolute atomic E-state index is 13.1. The lowest BCUT2D eigenvalue weighted by Crippen LogP contribution is -2.27. The van der Waals surface area contributed by atoms with Crippen LogP contribution in [-0.2, 0) is 11.4 Å².